The number of ketones is 1. The van der Waals surface area contributed by atoms with Crippen molar-refractivity contribution in [3.05, 3.63) is 12.2 Å². The van der Waals surface area contributed by atoms with E-state index in [2.05, 4.69) is 34.3 Å². The molecule has 0 aromatic heterocycles. The first kappa shape index (κ1) is 15.9. The van der Waals surface area contributed by atoms with Crippen molar-refractivity contribution < 1.29 is 4.79 Å². The lowest BCUT2D eigenvalue weighted by atomic mass is 9.40. The van der Waals surface area contributed by atoms with Crippen LogP contribution in [0, 0.1) is 33.5 Å². The summed E-state index contributed by atoms with van der Waals surface area (Å²) in [7, 11) is 0. The van der Waals surface area contributed by atoms with E-state index in [9.17, 15) is 4.79 Å². The molecule has 128 valence electrons. The summed E-state index contributed by atoms with van der Waals surface area (Å²) >= 11 is 0. The van der Waals surface area contributed by atoms with Gasteiger partial charge in [0.15, 0.2) is 0 Å². The second kappa shape index (κ2) is 4.52. The average Bonchev–Trinajstić information content (AvgIpc) is 2.63. The summed E-state index contributed by atoms with van der Waals surface area (Å²) < 4.78 is 0. The number of hydrogen-bond acceptors (Lipinski definition) is 1. The van der Waals surface area contributed by atoms with Gasteiger partial charge >= 0.3 is 0 Å². The van der Waals surface area contributed by atoms with Crippen molar-refractivity contribution in [2.45, 2.75) is 85.5 Å². The van der Waals surface area contributed by atoms with Crippen LogP contribution in [0.15, 0.2) is 12.2 Å². The molecule has 4 fully saturated rings. The zero-order valence-electron chi connectivity index (χ0n) is 15.6. The molecule has 1 nitrogen and oxygen atoms in total. The van der Waals surface area contributed by atoms with E-state index in [4.69, 9.17) is 0 Å². The van der Waals surface area contributed by atoms with Crippen molar-refractivity contribution in [1.82, 2.24) is 0 Å². The highest BCUT2D eigenvalue weighted by atomic mass is 16.1. The van der Waals surface area contributed by atoms with Crippen molar-refractivity contribution in [1.29, 1.82) is 0 Å². The normalized spacial score (nSPS) is 55.2. The zero-order valence-corrected chi connectivity index (χ0v) is 15.6. The number of Topliss-reactive ketones (excluding diaryl/α,β-unsaturated/α-hetero) is 1. The third-order valence-corrected chi connectivity index (χ3v) is 9.33. The quantitative estimate of drug-likeness (QED) is 0.548. The number of fused-ring (bicyclic) bond motifs is 3. The van der Waals surface area contributed by atoms with Crippen LogP contribution in [0.25, 0.3) is 0 Å². The molecule has 0 unspecified atom stereocenters. The van der Waals surface area contributed by atoms with Crippen LogP contribution in [0.5, 0.6) is 0 Å². The highest BCUT2D eigenvalue weighted by Crippen LogP contribution is 2.73. The fourth-order valence-corrected chi connectivity index (χ4v) is 8.02. The lowest BCUT2D eigenvalue weighted by molar-refractivity contribution is -0.145. The summed E-state index contributed by atoms with van der Waals surface area (Å²) in [4.78, 5) is 12.7. The highest BCUT2D eigenvalue weighted by molar-refractivity contribution is 5.88. The van der Waals surface area contributed by atoms with Gasteiger partial charge in [-0.15, -0.1) is 0 Å². The first-order valence-corrected chi connectivity index (χ1v) is 9.86. The van der Waals surface area contributed by atoms with E-state index in [1.807, 2.05) is 0 Å². The van der Waals surface area contributed by atoms with E-state index in [1.54, 1.807) is 0 Å². The smallest absolute Gasteiger partial charge is 0.139 e. The molecular weight excluding hydrogens is 280 g/mol. The molecule has 0 amide bonds. The van der Waals surface area contributed by atoms with Gasteiger partial charge in [-0.25, -0.2) is 0 Å². The van der Waals surface area contributed by atoms with E-state index in [0.29, 0.717) is 22.0 Å². The number of rotatable bonds is 1. The highest BCUT2D eigenvalue weighted by Gasteiger charge is 2.67. The standard InChI is InChI=1S/C22H34O/c1-15(2)20(4)9-6-10-21(5)16(20)8-12-22-13-18(23)19(3,14-22)11-7-17(21)22/h16-17H,1,6-14H2,2-5H3/t16-,17+,19+,20+,21-,22+/m1/s1. The van der Waals surface area contributed by atoms with Crippen LogP contribution in [0.2, 0.25) is 0 Å². The molecule has 0 N–H and O–H groups in total. The van der Waals surface area contributed by atoms with Gasteiger partial charge in [-0.1, -0.05) is 39.3 Å². The molecule has 23 heavy (non-hydrogen) atoms. The molecule has 0 aromatic carbocycles. The molecule has 0 heterocycles. The van der Waals surface area contributed by atoms with Gasteiger partial charge in [-0.05, 0) is 80.0 Å². The Morgan fingerprint density at radius 1 is 1.04 bits per heavy atom. The van der Waals surface area contributed by atoms with Crippen LogP contribution in [-0.2, 0) is 4.79 Å². The Kier molecular flexibility index (Phi) is 3.13. The maximum atomic E-state index is 12.7. The molecular formula is C22H34O. The third kappa shape index (κ3) is 1.83. The second-order valence-electron chi connectivity index (χ2n) is 10.4. The average molecular weight is 315 g/mol. The van der Waals surface area contributed by atoms with Crippen molar-refractivity contribution in [3.8, 4) is 0 Å². The van der Waals surface area contributed by atoms with E-state index < -0.39 is 0 Å². The van der Waals surface area contributed by atoms with Gasteiger partial charge in [0.05, 0.1) is 0 Å². The van der Waals surface area contributed by atoms with Crippen LogP contribution in [0.3, 0.4) is 0 Å². The topological polar surface area (TPSA) is 17.1 Å². The Morgan fingerprint density at radius 2 is 1.74 bits per heavy atom. The van der Waals surface area contributed by atoms with Crippen molar-refractivity contribution in [3.63, 3.8) is 0 Å². The SMILES string of the molecule is C=C(C)[C@]1(C)CCC[C@@]2(C)[C@@H]3CC[C@@]4(C)C[C@]3(CC[C@@H]21)CC4=O. The molecule has 0 radical (unpaired) electrons. The minimum atomic E-state index is 0.0199. The van der Waals surface area contributed by atoms with E-state index in [-0.39, 0.29) is 5.41 Å². The summed E-state index contributed by atoms with van der Waals surface area (Å²) in [6, 6.07) is 0. The number of allylic oxidation sites excluding steroid dienone is 1. The van der Waals surface area contributed by atoms with Crippen molar-refractivity contribution in [2.24, 2.45) is 33.5 Å². The summed E-state index contributed by atoms with van der Waals surface area (Å²) in [5.74, 6) is 2.13. The fourth-order valence-electron chi connectivity index (χ4n) is 8.02. The third-order valence-electron chi connectivity index (χ3n) is 9.33. The molecule has 1 spiro atoms. The predicted octanol–water partition coefficient (Wildman–Crippen LogP) is 5.93. The van der Waals surface area contributed by atoms with Crippen LogP contribution in [0.4, 0.5) is 0 Å². The molecule has 4 saturated carbocycles. The van der Waals surface area contributed by atoms with E-state index in [1.165, 1.54) is 50.5 Å². The van der Waals surface area contributed by atoms with Gasteiger partial charge in [0.2, 0.25) is 0 Å². The molecule has 0 saturated heterocycles. The Hall–Kier alpha value is -0.590. The monoisotopic (exact) mass is 314 g/mol. The summed E-state index contributed by atoms with van der Waals surface area (Å²) in [5.41, 5.74) is 2.51. The lowest BCUT2D eigenvalue weighted by Crippen LogP contribution is -2.57. The van der Waals surface area contributed by atoms with Crippen LogP contribution >= 0.6 is 0 Å². The number of carbonyl (C=O) groups excluding carboxylic acids is 1. The van der Waals surface area contributed by atoms with Crippen molar-refractivity contribution >= 4 is 5.78 Å². The number of hydrogen-bond donors (Lipinski definition) is 0. The molecule has 6 atom stereocenters. The number of carbonyl (C=O) groups is 1. The first-order valence-electron chi connectivity index (χ1n) is 9.86. The maximum Gasteiger partial charge on any atom is 0.139 e. The molecule has 1 heteroatoms. The predicted molar refractivity (Wildman–Crippen MR) is 95.1 cm³/mol. The first-order chi connectivity index (χ1) is 10.7. The molecule has 4 rings (SSSR count). The molecule has 0 aromatic rings. The minimum Gasteiger partial charge on any atom is -0.299 e. The maximum absolute atomic E-state index is 12.7. The molecule has 4 aliphatic rings. The Balaban J connectivity index is 1.76. The summed E-state index contributed by atoms with van der Waals surface area (Å²) in [6.07, 6.45) is 11.2. The Bertz CT molecular complexity index is 577. The van der Waals surface area contributed by atoms with Gasteiger partial charge < -0.3 is 0 Å². The zero-order chi connectivity index (χ0) is 16.7. The van der Waals surface area contributed by atoms with Gasteiger partial charge in [0.25, 0.3) is 0 Å². The largest absolute Gasteiger partial charge is 0.299 e. The second-order valence-corrected chi connectivity index (χ2v) is 10.4. The molecule has 4 aliphatic carbocycles. The van der Waals surface area contributed by atoms with Crippen LogP contribution in [0.1, 0.15) is 85.5 Å². The van der Waals surface area contributed by atoms with Crippen molar-refractivity contribution in [2.75, 3.05) is 0 Å². The van der Waals surface area contributed by atoms with E-state index >= 15 is 0 Å². The van der Waals surface area contributed by atoms with Gasteiger partial charge in [0.1, 0.15) is 5.78 Å². The van der Waals surface area contributed by atoms with Gasteiger partial charge in [-0.3, -0.25) is 4.79 Å². The Morgan fingerprint density at radius 3 is 2.43 bits per heavy atom. The fraction of sp³-hybridized carbons (Fsp3) is 0.864. The van der Waals surface area contributed by atoms with Gasteiger partial charge in [0, 0.05) is 11.8 Å². The summed E-state index contributed by atoms with van der Waals surface area (Å²) in [5, 5.41) is 0. The van der Waals surface area contributed by atoms with Crippen LogP contribution in [-0.4, -0.2) is 5.78 Å². The van der Waals surface area contributed by atoms with Gasteiger partial charge in [-0.2, -0.15) is 0 Å². The molecule has 2 bridgehead atoms. The van der Waals surface area contributed by atoms with E-state index in [0.717, 1.165) is 24.7 Å². The minimum absolute atomic E-state index is 0.0199. The Labute approximate surface area is 142 Å². The lowest BCUT2D eigenvalue weighted by Gasteiger charge is -2.65. The molecule has 0 aliphatic heterocycles. The summed E-state index contributed by atoms with van der Waals surface area (Å²) in [6.45, 7) is 14.0. The van der Waals surface area contributed by atoms with Crippen LogP contribution < -0.4 is 0 Å².